The molecular formula is C12H20N4O2. The van der Waals surface area contributed by atoms with Gasteiger partial charge in [0, 0.05) is 12.6 Å². The minimum Gasteiger partial charge on any atom is -0.358 e. The van der Waals surface area contributed by atoms with Crippen molar-refractivity contribution in [2.75, 3.05) is 6.54 Å². The SMILES string of the molecule is C[C@H]1CCCC[C@H]1NCCn1ccc([N+](=O)[O-])n1. The van der Waals surface area contributed by atoms with Crippen LogP contribution in [0.4, 0.5) is 5.82 Å². The molecule has 0 saturated heterocycles. The highest BCUT2D eigenvalue weighted by Crippen LogP contribution is 2.23. The van der Waals surface area contributed by atoms with Crippen molar-refractivity contribution in [3.8, 4) is 0 Å². The molecule has 1 aliphatic carbocycles. The Bertz CT molecular complexity index is 405. The fourth-order valence-corrected chi connectivity index (χ4v) is 2.56. The minimum absolute atomic E-state index is 0.0824. The van der Waals surface area contributed by atoms with Gasteiger partial charge in [-0.3, -0.25) is 0 Å². The number of nitrogens with zero attached hydrogens (tertiary/aromatic N) is 3. The lowest BCUT2D eigenvalue weighted by Crippen LogP contribution is -2.38. The molecule has 6 heteroatoms. The Labute approximate surface area is 107 Å². The first-order valence-electron chi connectivity index (χ1n) is 6.58. The molecule has 1 aromatic heterocycles. The van der Waals surface area contributed by atoms with Crippen LogP contribution in [0.3, 0.4) is 0 Å². The highest BCUT2D eigenvalue weighted by molar-refractivity contribution is 5.13. The van der Waals surface area contributed by atoms with Crippen molar-refractivity contribution < 1.29 is 4.92 Å². The molecule has 0 unspecified atom stereocenters. The number of nitrogens with one attached hydrogen (secondary N) is 1. The van der Waals surface area contributed by atoms with Gasteiger partial charge in [0.15, 0.2) is 0 Å². The summed E-state index contributed by atoms with van der Waals surface area (Å²) in [5.41, 5.74) is 0. The largest absolute Gasteiger partial charge is 0.389 e. The van der Waals surface area contributed by atoms with Gasteiger partial charge in [0.2, 0.25) is 0 Å². The van der Waals surface area contributed by atoms with Crippen molar-refractivity contribution in [2.24, 2.45) is 5.92 Å². The monoisotopic (exact) mass is 252 g/mol. The zero-order chi connectivity index (χ0) is 13.0. The molecular weight excluding hydrogens is 232 g/mol. The van der Waals surface area contributed by atoms with Crippen molar-refractivity contribution in [3.05, 3.63) is 22.4 Å². The van der Waals surface area contributed by atoms with E-state index in [2.05, 4.69) is 17.3 Å². The van der Waals surface area contributed by atoms with Gasteiger partial charge in [-0.1, -0.05) is 19.8 Å². The summed E-state index contributed by atoms with van der Waals surface area (Å²) in [4.78, 5) is 10.0. The van der Waals surface area contributed by atoms with Gasteiger partial charge in [-0.15, -0.1) is 0 Å². The predicted molar refractivity (Wildman–Crippen MR) is 68.3 cm³/mol. The number of hydrogen-bond acceptors (Lipinski definition) is 4. The average molecular weight is 252 g/mol. The second-order valence-corrected chi connectivity index (χ2v) is 5.02. The van der Waals surface area contributed by atoms with Crippen LogP contribution in [0.2, 0.25) is 0 Å². The van der Waals surface area contributed by atoms with Crippen LogP contribution in [-0.2, 0) is 6.54 Å². The molecule has 0 amide bonds. The zero-order valence-electron chi connectivity index (χ0n) is 10.7. The van der Waals surface area contributed by atoms with E-state index in [1.165, 1.54) is 31.7 Å². The minimum atomic E-state index is -0.465. The van der Waals surface area contributed by atoms with Gasteiger partial charge in [0.05, 0.1) is 23.9 Å². The van der Waals surface area contributed by atoms with Crippen molar-refractivity contribution >= 4 is 5.82 Å². The lowest BCUT2D eigenvalue weighted by atomic mass is 9.86. The fourth-order valence-electron chi connectivity index (χ4n) is 2.56. The molecule has 18 heavy (non-hydrogen) atoms. The topological polar surface area (TPSA) is 73.0 Å². The molecule has 6 nitrogen and oxygen atoms in total. The van der Waals surface area contributed by atoms with Crippen LogP contribution in [0.1, 0.15) is 32.6 Å². The Morgan fingerprint density at radius 2 is 2.33 bits per heavy atom. The first-order chi connectivity index (χ1) is 8.66. The van der Waals surface area contributed by atoms with E-state index < -0.39 is 4.92 Å². The van der Waals surface area contributed by atoms with Crippen LogP contribution in [0.25, 0.3) is 0 Å². The van der Waals surface area contributed by atoms with Crippen LogP contribution in [0, 0.1) is 16.0 Å². The molecule has 1 aromatic rings. The van der Waals surface area contributed by atoms with Crippen LogP contribution in [0.15, 0.2) is 12.3 Å². The Hall–Kier alpha value is -1.43. The smallest absolute Gasteiger partial charge is 0.358 e. The van der Waals surface area contributed by atoms with Crippen LogP contribution < -0.4 is 5.32 Å². The molecule has 0 bridgehead atoms. The van der Waals surface area contributed by atoms with Gasteiger partial charge in [-0.2, -0.15) is 4.68 Å². The molecule has 1 aliphatic rings. The third-order valence-corrected chi connectivity index (χ3v) is 3.67. The van der Waals surface area contributed by atoms with E-state index in [1.54, 1.807) is 10.9 Å². The molecule has 1 fully saturated rings. The Kier molecular flexibility index (Phi) is 4.30. The number of nitro groups is 1. The Balaban J connectivity index is 1.75. The van der Waals surface area contributed by atoms with E-state index in [-0.39, 0.29) is 5.82 Å². The molecule has 0 aromatic carbocycles. The summed E-state index contributed by atoms with van der Waals surface area (Å²) in [5.74, 6) is 0.645. The van der Waals surface area contributed by atoms with Crippen molar-refractivity contribution in [2.45, 2.75) is 45.2 Å². The summed E-state index contributed by atoms with van der Waals surface area (Å²) in [6.07, 6.45) is 6.83. The second-order valence-electron chi connectivity index (χ2n) is 5.02. The summed E-state index contributed by atoms with van der Waals surface area (Å²) in [6, 6.07) is 2.02. The van der Waals surface area contributed by atoms with Gasteiger partial charge >= 0.3 is 5.82 Å². The van der Waals surface area contributed by atoms with Gasteiger partial charge in [-0.25, -0.2) is 0 Å². The maximum absolute atomic E-state index is 10.5. The fraction of sp³-hybridized carbons (Fsp3) is 0.750. The first-order valence-corrected chi connectivity index (χ1v) is 6.58. The predicted octanol–water partition coefficient (Wildman–Crippen LogP) is 1.96. The molecule has 2 rings (SSSR count). The first kappa shape index (κ1) is 13.0. The summed E-state index contributed by atoms with van der Waals surface area (Å²) < 4.78 is 1.62. The Morgan fingerprint density at radius 3 is 3.00 bits per heavy atom. The van der Waals surface area contributed by atoms with Crippen molar-refractivity contribution in [3.63, 3.8) is 0 Å². The molecule has 1 heterocycles. The van der Waals surface area contributed by atoms with Gasteiger partial charge < -0.3 is 15.4 Å². The summed E-state index contributed by atoms with van der Waals surface area (Å²) in [5, 5.41) is 17.9. The normalized spacial score (nSPS) is 24.1. The summed E-state index contributed by atoms with van der Waals surface area (Å²) in [6.45, 7) is 3.78. The van der Waals surface area contributed by atoms with E-state index in [1.807, 2.05) is 0 Å². The standard InChI is InChI=1S/C12H20N4O2/c1-10-4-2-3-5-11(10)13-7-9-15-8-6-12(14-15)16(17)18/h6,8,10-11,13H,2-5,7,9H2,1H3/t10-,11+/m0/s1. The molecule has 1 N–H and O–H groups in total. The second kappa shape index (κ2) is 5.95. The van der Waals surface area contributed by atoms with E-state index in [0.29, 0.717) is 12.6 Å². The lowest BCUT2D eigenvalue weighted by molar-refractivity contribution is -0.389. The van der Waals surface area contributed by atoms with Gasteiger partial charge in [0.25, 0.3) is 0 Å². The van der Waals surface area contributed by atoms with E-state index in [9.17, 15) is 10.1 Å². The van der Waals surface area contributed by atoms with Gasteiger partial charge in [0.1, 0.15) is 0 Å². The summed E-state index contributed by atoms with van der Waals surface area (Å²) in [7, 11) is 0. The molecule has 100 valence electrons. The van der Waals surface area contributed by atoms with Crippen molar-refractivity contribution in [1.29, 1.82) is 0 Å². The van der Waals surface area contributed by atoms with Crippen LogP contribution in [0.5, 0.6) is 0 Å². The van der Waals surface area contributed by atoms with Crippen LogP contribution in [-0.4, -0.2) is 27.3 Å². The van der Waals surface area contributed by atoms with E-state index in [0.717, 1.165) is 12.5 Å². The lowest BCUT2D eigenvalue weighted by Gasteiger charge is -2.29. The highest BCUT2D eigenvalue weighted by atomic mass is 16.6. The summed E-state index contributed by atoms with van der Waals surface area (Å²) >= 11 is 0. The molecule has 0 radical (unpaired) electrons. The third kappa shape index (κ3) is 3.29. The van der Waals surface area contributed by atoms with Crippen molar-refractivity contribution in [1.82, 2.24) is 15.1 Å². The maximum atomic E-state index is 10.5. The van der Waals surface area contributed by atoms with E-state index in [4.69, 9.17) is 0 Å². The van der Waals surface area contributed by atoms with Gasteiger partial charge in [-0.05, 0) is 23.7 Å². The number of rotatable bonds is 5. The third-order valence-electron chi connectivity index (χ3n) is 3.67. The highest BCUT2D eigenvalue weighted by Gasteiger charge is 2.20. The molecule has 1 saturated carbocycles. The number of hydrogen-bond donors (Lipinski definition) is 1. The Morgan fingerprint density at radius 1 is 1.56 bits per heavy atom. The molecule has 0 spiro atoms. The quantitative estimate of drug-likeness (QED) is 0.642. The molecule has 0 aliphatic heterocycles. The number of aromatic nitrogens is 2. The maximum Gasteiger partial charge on any atom is 0.389 e. The molecule has 2 atom stereocenters. The van der Waals surface area contributed by atoms with E-state index >= 15 is 0 Å². The van der Waals surface area contributed by atoms with Crippen LogP contribution >= 0.6 is 0 Å². The average Bonchev–Trinajstić information content (AvgIpc) is 2.80. The zero-order valence-corrected chi connectivity index (χ0v) is 10.7.